The lowest BCUT2D eigenvalue weighted by molar-refractivity contribution is -0.139. The molecular weight excluding hydrogens is 360 g/mol. The van der Waals surface area contributed by atoms with Gasteiger partial charge in [-0.25, -0.2) is 4.79 Å². The van der Waals surface area contributed by atoms with Gasteiger partial charge in [-0.05, 0) is 23.8 Å². The van der Waals surface area contributed by atoms with E-state index in [0.717, 1.165) is 0 Å². The molecule has 0 fully saturated rings. The smallest absolute Gasteiger partial charge is 0.341 e. The molecule has 1 N–H and O–H groups in total. The average molecular weight is 373 g/mol. The Morgan fingerprint density at radius 3 is 2.31 bits per heavy atom. The molecule has 7 heteroatoms. The Bertz CT molecular complexity index is 923. The van der Waals surface area contributed by atoms with E-state index < -0.39 is 12.6 Å². The van der Waals surface area contributed by atoms with E-state index in [1.165, 1.54) is 25.3 Å². The minimum atomic E-state index is -1.16. The Morgan fingerprint density at radius 2 is 1.77 bits per heavy atom. The molecule has 0 heterocycles. The van der Waals surface area contributed by atoms with E-state index in [-0.39, 0.29) is 33.7 Å². The molecule has 0 radical (unpaired) electrons. The second-order valence-electron chi connectivity index (χ2n) is 5.48. The van der Waals surface area contributed by atoms with Gasteiger partial charge >= 0.3 is 5.97 Å². The Balaban J connectivity index is 2.00. The largest absolute Gasteiger partial charge is 0.493 e. The summed E-state index contributed by atoms with van der Waals surface area (Å²) in [7, 11) is 1.37. The van der Waals surface area contributed by atoms with Crippen LogP contribution in [0.3, 0.4) is 0 Å². The fourth-order valence-corrected chi connectivity index (χ4v) is 2.94. The number of Topliss-reactive ketones (excluding diaryl/α,β-unsaturated/α-hetero) is 2. The number of benzene rings is 2. The Morgan fingerprint density at radius 1 is 1.15 bits per heavy atom. The number of aliphatic carboxylic acids is 1. The Hall–Kier alpha value is -3.12. The first-order chi connectivity index (χ1) is 12.4. The fourth-order valence-electron chi connectivity index (χ4n) is 2.67. The van der Waals surface area contributed by atoms with Gasteiger partial charge in [-0.3, -0.25) is 9.59 Å². The Labute approximate surface area is 153 Å². The number of hydrogen-bond acceptors (Lipinski definition) is 5. The molecule has 26 heavy (non-hydrogen) atoms. The standard InChI is InChI=1S/C19H13ClO6/c1-25-15-8-10(7-14(20)19(15)26-9-16(21)22)6-13-17(23)11-4-2-3-5-12(11)18(13)24/h2-8H,9H2,1H3,(H,21,22). The number of carbonyl (C=O) groups is 3. The average Bonchev–Trinajstić information content (AvgIpc) is 2.85. The third-order valence-electron chi connectivity index (χ3n) is 3.81. The quantitative estimate of drug-likeness (QED) is 0.640. The van der Waals surface area contributed by atoms with Gasteiger partial charge in [-0.1, -0.05) is 35.9 Å². The summed E-state index contributed by atoms with van der Waals surface area (Å²) in [5.74, 6) is -1.60. The van der Waals surface area contributed by atoms with E-state index >= 15 is 0 Å². The van der Waals surface area contributed by atoms with Gasteiger partial charge in [0.2, 0.25) is 0 Å². The number of hydrogen-bond donors (Lipinski definition) is 1. The van der Waals surface area contributed by atoms with Crippen molar-refractivity contribution in [3.8, 4) is 11.5 Å². The molecule has 0 amide bonds. The molecule has 6 nitrogen and oxygen atoms in total. The van der Waals surface area contributed by atoms with Gasteiger partial charge in [0.1, 0.15) is 0 Å². The van der Waals surface area contributed by atoms with Crippen molar-refractivity contribution in [2.75, 3.05) is 13.7 Å². The number of carbonyl (C=O) groups excluding carboxylic acids is 2. The third-order valence-corrected chi connectivity index (χ3v) is 4.09. The minimum absolute atomic E-state index is 0.0310. The van der Waals surface area contributed by atoms with Gasteiger partial charge < -0.3 is 14.6 Å². The lowest BCUT2D eigenvalue weighted by Crippen LogP contribution is -2.10. The number of carboxylic acid groups (broad SMARTS) is 1. The van der Waals surface area contributed by atoms with E-state index in [4.69, 9.17) is 26.2 Å². The van der Waals surface area contributed by atoms with Gasteiger partial charge in [-0.15, -0.1) is 0 Å². The number of ether oxygens (including phenoxy) is 2. The van der Waals surface area contributed by atoms with Crippen LogP contribution in [0.15, 0.2) is 42.0 Å². The topological polar surface area (TPSA) is 89.9 Å². The van der Waals surface area contributed by atoms with Crippen molar-refractivity contribution < 1.29 is 29.0 Å². The van der Waals surface area contributed by atoms with Crippen LogP contribution < -0.4 is 9.47 Å². The number of ketones is 2. The molecule has 2 aromatic carbocycles. The van der Waals surface area contributed by atoms with Gasteiger partial charge in [0, 0.05) is 11.1 Å². The normalized spacial score (nSPS) is 12.8. The van der Waals surface area contributed by atoms with Gasteiger partial charge in [0.25, 0.3) is 0 Å². The highest BCUT2D eigenvalue weighted by atomic mass is 35.5. The number of halogens is 1. The van der Waals surface area contributed by atoms with Crippen molar-refractivity contribution in [1.29, 1.82) is 0 Å². The predicted octanol–water partition coefficient (Wildman–Crippen LogP) is 3.27. The number of fused-ring (bicyclic) bond motifs is 1. The van der Waals surface area contributed by atoms with Crippen LogP contribution in [-0.2, 0) is 4.79 Å². The van der Waals surface area contributed by atoms with Crippen LogP contribution >= 0.6 is 11.6 Å². The minimum Gasteiger partial charge on any atom is -0.493 e. The first-order valence-corrected chi connectivity index (χ1v) is 7.92. The van der Waals surface area contributed by atoms with Gasteiger partial charge in [0.05, 0.1) is 17.7 Å². The van der Waals surface area contributed by atoms with Crippen LogP contribution in [0.25, 0.3) is 6.08 Å². The third kappa shape index (κ3) is 3.19. The highest BCUT2D eigenvalue weighted by Gasteiger charge is 2.32. The maximum atomic E-state index is 12.5. The van der Waals surface area contributed by atoms with Crippen LogP contribution in [0.4, 0.5) is 0 Å². The zero-order chi connectivity index (χ0) is 18.8. The lowest BCUT2D eigenvalue weighted by Gasteiger charge is -2.12. The first kappa shape index (κ1) is 17.7. The molecule has 0 spiro atoms. The summed E-state index contributed by atoms with van der Waals surface area (Å²) in [5.41, 5.74) is 1.22. The molecule has 0 unspecified atom stereocenters. The summed E-state index contributed by atoms with van der Waals surface area (Å²) in [6, 6.07) is 9.58. The van der Waals surface area contributed by atoms with Crippen molar-refractivity contribution in [3.63, 3.8) is 0 Å². The molecule has 0 bridgehead atoms. The monoisotopic (exact) mass is 372 g/mol. The summed E-state index contributed by atoms with van der Waals surface area (Å²) >= 11 is 6.15. The van der Waals surface area contributed by atoms with E-state index in [0.29, 0.717) is 16.7 Å². The molecule has 0 aromatic heterocycles. The van der Waals surface area contributed by atoms with E-state index in [1.807, 2.05) is 0 Å². The highest BCUT2D eigenvalue weighted by Crippen LogP contribution is 2.37. The van der Waals surface area contributed by atoms with E-state index in [9.17, 15) is 14.4 Å². The SMILES string of the molecule is COc1cc(C=C2C(=O)c3ccccc3C2=O)cc(Cl)c1OCC(=O)O. The van der Waals surface area contributed by atoms with Gasteiger partial charge in [-0.2, -0.15) is 0 Å². The number of carboxylic acids is 1. The molecule has 0 saturated heterocycles. The molecule has 3 rings (SSSR count). The van der Waals surface area contributed by atoms with Crippen LogP contribution in [0.1, 0.15) is 26.3 Å². The molecule has 132 valence electrons. The first-order valence-electron chi connectivity index (χ1n) is 7.54. The number of allylic oxidation sites excluding steroid dienone is 1. The maximum absolute atomic E-state index is 12.5. The van der Waals surface area contributed by atoms with Gasteiger partial charge in [0.15, 0.2) is 29.7 Å². The summed E-state index contributed by atoms with van der Waals surface area (Å²) in [6.07, 6.45) is 1.43. The molecule has 0 saturated carbocycles. The molecular formula is C19H13ClO6. The highest BCUT2D eigenvalue weighted by molar-refractivity contribution is 6.41. The molecule has 1 aliphatic rings. The molecule has 0 atom stereocenters. The summed E-state index contributed by atoms with van der Waals surface area (Å²) < 4.78 is 10.3. The summed E-state index contributed by atoms with van der Waals surface area (Å²) in [5, 5.41) is 8.83. The van der Waals surface area contributed by atoms with E-state index in [1.54, 1.807) is 24.3 Å². The van der Waals surface area contributed by atoms with Crippen LogP contribution in [0.5, 0.6) is 11.5 Å². The van der Waals surface area contributed by atoms with Crippen molar-refractivity contribution in [2.45, 2.75) is 0 Å². The molecule has 1 aliphatic carbocycles. The summed E-state index contributed by atoms with van der Waals surface area (Å²) in [6.45, 7) is -0.581. The zero-order valence-electron chi connectivity index (χ0n) is 13.6. The maximum Gasteiger partial charge on any atom is 0.341 e. The second-order valence-corrected chi connectivity index (χ2v) is 5.89. The van der Waals surface area contributed by atoms with Crippen LogP contribution in [0, 0.1) is 0 Å². The number of rotatable bonds is 5. The predicted molar refractivity (Wildman–Crippen MR) is 94.2 cm³/mol. The van der Waals surface area contributed by atoms with Crippen molar-refractivity contribution in [2.24, 2.45) is 0 Å². The molecule has 2 aromatic rings. The second kappa shape index (κ2) is 7.01. The fraction of sp³-hybridized carbons (Fsp3) is 0.105. The lowest BCUT2D eigenvalue weighted by atomic mass is 10.1. The van der Waals surface area contributed by atoms with Crippen molar-refractivity contribution >= 4 is 35.2 Å². The van der Waals surface area contributed by atoms with Crippen LogP contribution in [0.2, 0.25) is 5.02 Å². The van der Waals surface area contributed by atoms with Crippen molar-refractivity contribution in [1.82, 2.24) is 0 Å². The molecule has 0 aliphatic heterocycles. The Kier molecular flexibility index (Phi) is 4.77. The number of methoxy groups -OCH3 is 1. The summed E-state index contributed by atoms with van der Waals surface area (Å²) in [4.78, 5) is 35.6. The van der Waals surface area contributed by atoms with Crippen LogP contribution in [-0.4, -0.2) is 36.4 Å². The zero-order valence-corrected chi connectivity index (χ0v) is 14.4. The van der Waals surface area contributed by atoms with Crippen molar-refractivity contribution in [3.05, 3.63) is 63.7 Å². The van der Waals surface area contributed by atoms with E-state index in [2.05, 4.69) is 0 Å².